The molecule has 2 nitrogen and oxygen atoms in total. The number of hydrogen-bond acceptors (Lipinski definition) is 2. The van der Waals surface area contributed by atoms with E-state index in [1.165, 1.54) is 6.07 Å². The van der Waals surface area contributed by atoms with Crippen LogP contribution in [0.5, 0.6) is 0 Å². The third-order valence-corrected chi connectivity index (χ3v) is 2.33. The number of nitrogens with two attached hydrogens (primary N) is 1. The molecule has 0 aliphatic carbocycles. The summed E-state index contributed by atoms with van der Waals surface area (Å²) in [7, 11) is 0. The minimum atomic E-state index is -4.51. The first kappa shape index (κ1) is 11.7. The fourth-order valence-corrected chi connectivity index (χ4v) is 1.69. The topological polar surface area (TPSA) is 38.9 Å². The van der Waals surface area contributed by atoms with E-state index in [0.29, 0.717) is 0 Å². The highest BCUT2D eigenvalue weighted by molar-refractivity contribution is 9.10. The minimum Gasteiger partial charge on any atom is -0.315 e. The van der Waals surface area contributed by atoms with Crippen LogP contribution in [-0.4, -0.2) is 11.2 Å². The molecule has 0 radical (unpaired) electrons. The van der Waals surface area contributed by atoms with Crippen molar-refractivity contribution in [1.82, 2.24) is 4.98 Å². The highest BCUT2D eigenvalue weighted by Gasteiger charge is 2.39. The SMILES string of the molecule is N[C@H](c1ncc(Cl)cc1Br)C(F)(F)F. The van der Waals surface area contributed by atoms with Crippen LogP contribution < -0.4 is 5.73 Å². The lowest BCUT2D eigenvalue weighted by Gasteiger charge is -2.15. The first-order valence-electron chi connectivity index (χ1n) is 3.45. The van der Waals surface area contributed by atoms with Crippen LogP contribution in [0.4, 0.5) is 13.2 Å². The second-order valence-electron chi connectivity index (χ2n) is 2.54. The molecule has 0 spiro atoms. The van der Waals surface area contributed by atoms with Crippen LogP contribution in [0.15, 0.2) is 16.7 Å². The molecule has 1 atom stereocenters. The Morgan fingerprint density at radius 2 is 2.07 bits per heavy atom. The van der Waals surface area contributed by atoms with E-state index < -0.39 is 12.2 Å². The Balaban J connectivity index is 3.08. The quantitative estimate of drug-likeness (QED) is 0.863. The van der Waals surface area contributed by atoms with Gasteiger partial charge in [0.25, 0.3) is 0 Å². The number of aromatic nitrogens is 1. The molecule has 0 amide bonds. The Bertz CT molecular complexity index is 342. The Hall–Kier alpha value is -0.330. The van der Waals surface area contributed by atoms with Gasteiger partial charge in [0.15, 0.2) is 0 Å². The van der Waals surface area contributed by atoms with Crippen molar-refractivity contribution in [2.24, 2.45) is 5.73 Å². The summed E-state index contributed by atoms with van der Waals surface area (Å²) in [6.07, 6.45) is -3.39. The lowest BCUT2D eigenvalue weighted by Crippen LogP contribution is -2.29. The summed E-state index contributed by atoms with van der Waals surface area (Å²) in [6, 6.07) is -0.788. The van der Waals surface area contributed by atoms with Gasteiger partial charge in [0.05, 0.1) is 10.7 Å². The van der Waals surface area contributed by atoms with Crippen molar-refractivity contribution >= 4 is 27.5 Å². The predicted molar refractivity (Wildman–Crippen MR) is 49.9 cm³/mol. The first-order chi connectivity index (χ1) is 6.32. The number of pyridine rings is 1. The number of nitrogens with zero attached hydrogens (tertiary/aromatic N) is 1. The van der Waals surface area contributed by atoms with E-state index in [-0.39, 0.29) is 15.2 Å². The van der Waals surface area contributed by atoms with Gasteiger partial charge in [-0.15, -0.1) is 0 Å². The van der Waals surface area contributed by atoms with Gasteiger partial charge in [-0.1, -0.05) is 11.6 Å². The third-order valence-electron chi connectivity index (χ3n) is 1.48. The molecule has 78 valence electrons. The van der Waals surface area contributed by atoms with E-state index in [1.807, 2.05) is 0 Å². The number of rotatable bonds is 1. The van der Waals surface area contributed by atoms with Gasteiger partial charge in [-0.25, -0.2) is 0 Å². The summed E-state index contributed by atoms with van der Waals surface area (Å²) in [4.78, 5) is 3.52. The van der Waals surface area contributed by atoms with Crippen molar-refractivity contribution < 1.29 is 13.2 Å². The summed E-state index contributed by atoms with van der Waals surface area (Å²) in [5.41, 5.74) is 4.69. The maximum Gasteiger partial charge on any atom is 0.409 e. The van der Waals surface area contributed by atoms with Crippen LogP contribution in [0.1, 0.15) is 11.7 Å². The standard InChI is InChI=1S/C7H5BrClF3N2/c8-4-1-3(9)2-14-5(4)6(13)7(10,11)12/h1-2,6H,13H2/t6-/m1/s1. The van der Waals surface area contributed by atoms with Crippen LogP contribution in [0.3, 0.4) is 0 Å². The normalized spacial score (nSPS) is 14.1. The largest absolute Gasteiger partial charge is 0.409 e. The van der Waals surface area contributed by atoms with Crippen LogP contribution in [-0.2, 0) is 0 Å². The lowest BCUT2D eigenvalue weighted by atomic mass is 10.2. The fraction of sp³-hybridized carbons (Fsp3) is 0.286. The third kappa shape index (κ3) is 2.59. The van der Waals surface area contributed by atoms with Crippen molar-refractivity contribution in [2.45, 2.75) is 12.2 Å². The molecule has 0 fully saturated rings. The summed E-state index contributed by atoms with van der Waals surface area (Å²) >= 11 is 8.43. The molecule has 0 unspecified atom stereocenters. The highest BCUT2D eigenvalue weighted by Crippen LogP contribution is 2.33. The number of alkyl halides is 3. The van der Waals surface area contributed by atoms with Gasteiger partial charge in [-0.2, -0.15) is 13.2 Å². The van der Waals surface area contributed by atoms with E-state index in [4.69, 9.17) is 17.3 Å². The Morgan fingerprint density at radius 1 is 1.50 bits per heavy atom. The van der Waals surface area contributed by atoms with Crippen LogP contribution in [0, 0.1) is 0 Å². The Kier molecular flexibility index (Phi) is 3.39. The molecule has 0 bridgehead atoms. The minimum absolute atomic E-state index is 0.148. The zero-order chi connectivity index (χ0) is 10.9. The Morgan fingerprint density at radius 3 is 2.50 bits per heavy atom. The molecule has 2 N–H and O–H groups in total. The predicted octanol–water partition coefficient (Wildman–Crippen LogP) is 3.06. The summed E-state index contributed by atoms with van der Waals surface area (Å²) in [5.74, 6) is 0. The average Bonchev–Trinajstić information content (AvgIpc) is 2.01. The van der Waals surface area contributed by atoms with Crippen molar-refractivity contribution in [1.29, 1.82) is 0 Å². The monoisotopic (exact) mass is 288 g/mol. The van der Waals surface area contributed by atoms with Gasteiger partial charge in [0, 0.05) is 10.7 Å². The van der Waals surface area contributed by atoms with Gasteiger partial charge < -0.3 is 5.73 Å². The molecule has 7 heteroatoms. The molecular weight excluding hydrogens is 284 g/mol. The van der Waals surface area contributed by atoms with Crippen LogP contribution in [0.2, 0.25) is 5.02 Å². The molecule has 1 rings (SSSR count). The molecule has 14 heavy (non-hydrogen) atoms. The van der Waals surface area contributed by atoms with Gasteiger partial charge in [-0.05, 0) is 22.0 Å². The van der Waals surface area contributed by atoms with Gasteiger partial charge in [-0.3, -0.25) is 4.98 Å². The van der Waals surface area contributed by atoms with Gasteiger partial charge in [0.1, 0.15) is 6.04 Å². The Labute approximate surface area is 91.4 Å². The molecule has 1 aromatic rings. The van der Waals surface area contributed by atoms with E-state index in [1.54, 1.807) is 0 Å². The first-order valence-corrected chi connectivity index (χ1v) is 4.62. The maximum absolute atomic E-state index is 12.2. The van der Waals surface area contributed by atoms with Crippen molar-refractivity contribution in [3.63, 3.8) is 0 Å². The van der Waals surface area contributed by atoms with Gasteiger partial charge >= 0.3 is 6.18 Å². The number of halogens is 5. The summed E-state index contributed by atoms with van der Waals surface area (Å²) in [6.45, 7) is 0. The van der Waals surface area contributed by atoms with E-state index >= 15 is 0 Å². The average molecular weight is 289 g/mol. The molecule has 0 saturated carbocycles. The number of hydrogen-bond donors (Lipinski definition) is 1. The lowest BCUT2D eigenvalue weighted by molar-refractivity contribution is -0.150. The van der Waals surface area contributed by atoms with E-state index in [2.05, 4.69) is 20.9 Å². The molecule has 0 aromatic carbocycles. The fourth-order valence-electron chi connectivity index (χ4n) is 0.809. The molecule has 1 heterocycles. The highest BCUT2D eigenvalue weighted by atomic mass is 79.9. The molecule has 0 aliphatic rings. The molecule has 0 saturated heterocycles. The summed E-state index contributed by atoms with van der Waals surface area (Å²) in [5, 5.41) is 0.245. The second kappa shape index (κ2) is 4.04. The zero-order valence-electron chi connectivity index (χ0n) is 6.65. The van der Waals surface area contributed by atoms with Crippen molar-refractivity contribution in [2.75, 3.05) is 0 Å². The van der Waals surface area contributed by atoms with Crippen LogP contribution in [0.25, 0.3) is 0 Å². The smallest absolute Gasteiger partial charge is 0.315 e. The molecule has 0 aliphatic heterocycles. The zero-order valence-corrected chi connectivity index (χ0v) is 8.99. The molecule has 1 aromatic heterocycles. The van der Waals surface area contributed by atoms with E-state index in [9.17, 15) is 13.2 Å². The maximum atomic E-state index is 12.2. The van der Waals surface area contributed by atoms with Crippen molar-refractivity contribution in [3.05, 3.63) is 27.5 Å². The summed E-state index contributed by atoms with van der Waals surface area (Å²) < 4.78 is 36.7. The van der Waals surface area contributed by atoms with Crippen molar-refractivity contribution in [3.8, 4) is 0 Å². The molecular formula is C7H5BrClF3N2. The van der Waals surface area contributed by atoms with Gasteiger partial charge in [0.2, 0.25) is 0 Å². The van der Waals surface area contributed by atoms with E-state index in [0.717, 1.165) is 6.20 Å². The van der Waals surface area contributed by atoms with Crippen LogP contribution >= 0.6 is 27.5 Å². The second-order valence-corrected chi connectivity index (χ2v) is 3.83.